The molecule has 92 valence electrons. The van der Waals surface area contributed by atoms with Gasteiger partial charge in [-0.05, 0) is 20.9 Å². The molecule has 6 nitrogen and oxygen atoms in total. The van der Waals surface area contributed by atoms with Gasteiger partial charge in [0.25, 0.3) is 0 Å². The van der Waals surface area contributed by atoms with E-state index in [0.29, 0.717) is 18.5 Å². The normalized spacial score (nSPS) is 12.6. The standard InChI is InChI=1S/C10H15N5OS/c1-6(11-3)9-14-15-10(16-9)12-4-8-5-17-7(2)13-8/h5-6,11H,4H2,1-3H3,(H,12,15). The lowest BCUT2D eigenvalue weighted by Gasteiger charge is -2.02. The third-order valence-electron chi connectivity index (χ3n) is 2.33. The van der Waals surface area contributed by atoms with E-state index in [2.05, 4.69) is 25.8 Å². The van der Waals surface area contributed by atoms with Crippen LogP contribution in [0, 0.1) is 6.92 Å². The molecule has 2 N–H and O–H groups in total. The van der Waals surface area contributed by atoms with E-state index in [-0.39, 0.29) is 6.04 Å². The average molecular weight is 253 g/mol. The molecule has 1 unspecified atom stereocenters. The topological polar surface area (TPSA) is 75.9 Å². The number of rotatable bonds is 5. The first-order valence-corrected chi connectivity index (χ1v) is 6.22. The fourth-order valence-corrected chi connectivity index (χ4v) is 1.87. The minimum atomic E-state index is 0.0552. The zero-order chi connectivity index (χ0) is 12.3. The molecule has 7 heteroatoms. The van der Waals surface area contributed by atoms with Crippen molar-refractivity contribution in [1.82, 2.24) is 20.5 Å². The van der Waals surface area contributed by atoms with Gasteiger partial charge in [-0.3, -0.25) is 0 Å². The Labute approximate surface area is 103 Å². The van der Waals surface area contributed by atoms with Gasteiger partial charge in [0, 0.05) is 5.38 Å². The Morgan fingerprint density at radius 2 is 2.29 bits per heavy atom. The van der Waals surface area contributed by atoms with Crippen molar-refractivity contribution < 1.29 is 4.42 Å². The molecule has 0 aliphatic carbocycles. The highest BCUT2D eigenvalue weighted by atomic mass is 32.1. The highest BCUT2D eigenvalue weighted by molar-refractivity contribution is 7.09. The number of aromatic nitrogens is 3. The van der Waals surface area contributed by atoms with Crippen LogP contribution in [0.4, 0.5) is 6.01 Å². The maximum Gasteiger partial charge on any atom is 0.315 e. The summed E-state index contributed by atoms with van der Waals surface area (Å²) < 4.78 is 5.44. The molecular formula is C10H15N5OS. The quantitative estimate of drug-likeness (QED) is 0.845. The fourth-order valence-electron chi connectivity index (χ4n) is 1.26. The van der Waals surface area contributed by atoms with Gasteiger partial charge in [-0.1, -0.05) is 5.10 Å². The molecule has 0 saturated carbocycles. The first-order valence-electron chi connectivity index (χ1n) is 5.34. The van der Waals surface area contributed by atoms with Crippen LogP contribution in [-0.2, 0) is 6.54 Å². The molecule has 0 bridgehead atoms. The van der Waals surface area contributed by atoms with Gasteiger partial charge >= 0.3 is 6.01 Å². The molecule has 2 aromatic heterocycles. The van der Waals surface area contributed by atoms with Crippen molar-refractivity contribution in [3.63, 3.8) is 0 Å². The predicted molar refractivity (Wildman–Crippen MR) is 66.0 cm³/mol. The molecule has 2 rings (SSSR count). The van der Waals surface area contributed by atoms with Crippen LogP contribution in [0.25, 0.3) is 0 Å². The largest absolute Gasteiger partial charge is 0.406 e. The van der Waals surface area contributed by atoms with Gasteiger partial charge in [-0.25, -0.2) is 4.98 Å². The third kappa shape index (κ3) is 3.01. The molecule has 17 heavy (non-hydrogen) atoms. The number of nitrogens with one attached hydrogen (secondary N) is 2. The Morgan fingerprint density at radius 1 is 1.47 bits per heavy atom. The molecular weight excluding hydrogens is 238 g/mol. The zero-order valence-electron chi connectivity index (χ0n) is 10.0. The Balaban J connectivity index is 1.93. The molecule has 0 amide bonds. The predicted octanol–water partition coefficient (Wildman–Crippen LogP) is 1.73. The molecule has 0 fully saturated rings. The number of aryl methyl sites for hydroxylation is 1. The summed E-state index contributed by atoms with van der Waals surface area (Å²) in [5.74, 6) is 0.574. The Morgan fingerprint density at radius 3 is 2.94 bits per heavy atom. The highest BCUT2D eigenvalue weighted by Gasteiger charge is 2.11. The van der Waals surface area contributed by atoms with Crippen LogP contribution in [0.2, 0.25) is 0 Å². The van der Waals surface area contributed by atoms with E-state index in [1.807, 2.05) is 26.3 Å². The number of hydrogen-bond donors (Lipinski definition) is 2. The number of hydrogen-bond acceptors (Lipinski definition) is 7. The van der Waals surface area contributed by atoms with Crippen molar-refractivity contribution in [2.75, 3.05) is 12.4 Å². The van der Waals surface area contributed by atoms with Crippen molar-refractivity contribution in [3.05, 3.63) is 22.0 Å². The van der Waals surface area contributed by atoms with Crippen molar-refractivity contribution in [1.29, 1.82) is 0 Å². The summed E-state index contributed by atoms with van der Waals surface area (Å²) in [7, 11) is 1.85. The smallest absolute Gasteiger partial charge is 0.315 e. The van der Waals surface area contributed by atoms with Crippen LogP contribution < -0.4 is 10.6 Å². The molecule has 0 spiro atoms. The second-order valence-corrected chi connectivity index (χ2v) is 4.73. The van der Waals surface area contributed by atoms with Crippen molar-refractivity contribution >= 4 is 17.4 Å². The van der Waals surface area contributed by atoms with Gasteiger partial charge in [0.05, 0.1) is 23.3 Å². The lowest BCUT2D eigenvalue weighted by atomic mass is 10.3. The summed E-state index contributed by atoms with van der Waals surface area (Å²) in [5, 5.41) is 17.0. The summed E-state index contributed by atoms with van der Waals surface area (Å²) in [5.41, 5.74) is 0.980. The minimum absolute atomic E-state index is 0.0552. The summed E-state index contributed by atoms with van der Waals surface area (Å²) in [6, 6.07) is 0.479. The number of anilines is 1. The van der Waals surface area contributed by atoms with Crippen LogP contribution in [-0.4, -0.2) is 22.2 Å². The van der Waals surface area contributed by atoms with Crippen LogP contribution in [0.3, 0.4) is 0 Å². The second kappa shape index (κ2) is 5.24. The zero-order valence-corrected chi connectivity index (χ0v) is 10.8. The fraction of sp³-hybridized carbons (Fsp3) is 0.500. The first-order chi connectivity index (χ1) is 8.19. The summed E-state index contributed by atoms with van der Waals surface area (Å²) in [6.45, 7) is 4.54. The van der Waals surface area contributed by atoms with E-state index in [4.69, 9.17) is 4.42 Å². The highest BCUT2D eigenvalue weighted by Crippen LogP contribution is 2.14. The van der Waals surface area contributed by atoms with E-state index in [1.165, 1.54) is 0 Å². The second-order valence-electron chi connectivity index (χ2n) is 3.67. The summed E-state index contributed by atoms with van der Waals surface area (Å²) >= 11 is 1.63. The van der Waals surface area contributed by atoms with Crippen LogP contribution in [0.15, 0.2) is 9.80 Å². The molecule has 0 radical (unpaired) electrons. The summed E-state index contributed by atoms with van der Waals surface area (Å²) in [6.07, 6.45) is 0. The Bertz CT molecular complexity index is 481. The third-order valence-corrected chi connectivity index (χ3v) is 3.15. The van der Waals surface area contributed by atoms with Crippen LogP contribution in [0.5, 0.6) is 0 Å². The molecule has 2 heterocycles. The molecule has 1 atom stereocenters. The van der Waals surface area contributed by atoms with E-state index in [9.17, 15) is 0 Å². The lowest BCUT2D eigenvalue weighted by molar-refractivity contribution is 0.441. The Hall–Kier alpha value is -1.47. The van der Waals surface area contributed by atoms with Gasteiger partial charge in [-0.15, -0.1) is 16.4 Å². The Kier molecular flexibility index (Phi) is 3.70. The first kappa shape index (κ1) is 12.0. The van der Waals surface area contributed by atoms with E-state index in [0.717, 1.165) is 10.7 Å². The number of nitrogens with zero attached hydrogens (tertiary/aromatic N) is 3. The van der Waals surface area contributed by atoms with Crippen molar-refractivity contribution in [2.24, 2.45) is 0 Å². The van der Waals surface area contributed by atoms with Gasteiger partial charge in [-0.2, -0.15) is 0 Å². The molecule has 0 saturated heterocycles. The minimum Gasteiger partial charge on any atom is -0.406 e. The lowest BCUT2D eigenvalue weighted by Crippen LogP contribution is -2.12. The SMILES string of the molecule is CNC(C)c1nnc(NCc2csc(C)n2)o1. The monoisotopic (exact) mass is 253 g/mol. The van der Waals surface area contributed by atoms with Gasteiger partial charge in [0.2, 0.25) is 5.89 Å². The molecule has 0 aliphatic rings. The van der Waals surface area contributed by atoms with Gasteiger partial charge in [0.15, 0.2) is 0 Å². The average Bonchev–Trinajstić information content (AvgIpc) is 2.94. The summed E-state index contributed by atoms with van der Waals surface area (Å²) in [4.78, 5) is 4.34. The van der Waals surface area contributed by atoms with E-state index >= 15 is 0 Å². The van der Waals surface area contributed by atoms with Gasteiger partial charge < -0.3 is 15.1 Å². The molecule has 0 aliphatic heterocycles. The van der Waals surface area contributed by atoms with Crippen LogP contribution in [0.1, 0.15) is 29.6 Å². The van der Waals surface area contributed by atoms with Crippen molar-refractivity contribution in [2.45, 2.75) is 26.4 Å². The van der Waals surface area contributed by atoms with E-state index < -0.39 is 0 Å². The van der Waals surface area contributed by atoms with Gasteiger partial charge in [0.1, 0.15) is 0 Å². The number of thiazole rings is 1. The van der Waals surface area contributed by atoms with E-state index in [1.54, 1.807) is 11.3 Å². The van der Waals surface area contributed by atoms with Crippen molar-refractivity contribution in [3.8, 4) is 0 Å². The molecule has 2 aromatic rings. The van der Waals surface area contributed by atoms with Crippen LogP contribution >= 0.6 is 11.3 Å². The molecule has 0 aromatic carbocycles. The maximum atomic E-state index is 5.44. The maximum absolute atomic E-state index is 5.44.